The number of carbonyl (C=O) groups is 2. The van der Waals surface area contributed by atoms with Crippen LogP contribution in [0.3, 0.4) is 0 Å². The van der Waals surface area contributed by atoms with E-state index in [1.807, 2.05) is 0 Å². The third-order valence-corrected chi connectivity index (χ3v) is 2.81. The second-order valence-corrected chi connectivity index (χ2v) is 5.88. The average molecular weight is 277 g/mol. The molecule has 1 aromatic carbocycles. The quantitative estimate of drug-likeness (QED) is 0.869. The molecule has 0 aliphatic carbocycles. The molecule has 0 saturated carbocycles. The topological polar surface area (TPSA) is 57.6 Å². The molecule has 0 bridgehead atoms. The fourth-order valence-corrected chi connectivity index (χ4v) is 2.09. The maximum absolute atomic E-state index is 12.5. The maximum Gasteiger partial charge on any atom is 0.335 e. The average Bonchev–Trinajstić information content (AvgIpc) is 2.36. The molecule has 1 amide bonds. The molecule has 1 rings (SSSR count). The summed E-state index contributed by atoms with van der Waals surface area (Å²) >= 11 is 0. The highest BCUT2D eigenvalue weighted by atomic mass is 16.4. The minimum absolute atomic E-state index is 0.101. The van der Waals surface area contributed by atoms with Gasteiger partial charge in [-0.25, -0.2) is 4.79 Å². The SMILES string of the molecule is CC(C)CN(CC(C)C)C(=O)c1cccc(C(=O)O)c1. The summed E-state index contributed by atoms with van der Waals surface area (Å²) < 4.78 is 0. The number of carbonyl (C=O) groups excluding carboxylic acids is 1. The summed E-state index contributed by atoms with van der Waals surface area (Å²) in [6.45, 7) is 9.60. The maximum atomic E-state index is 12.5. The van der Waals surface area contributed by atoms with Crippen molar-refractivity contribution >= 4 is 11.9 Å². The van der Waals surface area contributed by atoms with E-state index < -0.39 is 5.97 Å². The molecular formula is C16H23NO3. The van der Waals surface area contributed by atoms with E-state index in [0.717, 1.165) is 0 Å². The van der Waals surface area contributed by atoms with Gasteiger partial charge in [-0.05, 0) is 30.0 Å². The summed E-state index contributed by atoms with van der Waals surface area (Å²) in [5.74, 6) is -0.366. The van der Waals surface area contributed by atoms with Crippen molar-refractivity contribution in [2.75, 3.05) is 13.1 Å². The van der Waals surface area contributed by atoms with E-state index in [4.69, 9.17) is 5.11 Å². The van der Waals surface area contributed by atoms with Gasteiger partial charge in [0.15, 0.2) is 0 Å². The zero-order valence-electron chi connectivity index (χ0n) is 12.6. The van der Waals surface area contributed by atoms with Gasteiger partial charge in [-0.1, -0.05) is 33.8 Å². The number of hydrogen-bond donors (Lipinski definition) is 1. The van der Waals surface area contributed by atoms with Crippen molar-refractivity contribution in [2.45, 2.75) is 27.7 Å². The van der Waals surface area contributed by atoms with Crippen molar-refractivity contribution in [3.63, 3.8) is 0 Å². The van der Waals surface area contributed by atoms with Crippen LogP contribution in [0.25, 0.3) is 0 Å². The number of carboxylic acids is 1. The van der Waals surface area contributed by atoms with Crippen LogP contribution in [0, 0.1) is 11.8 Å². The Labute approximate surface area is 120 Å². The van der Waals surface area contributed by atoms with Gasteiger partial charge in [0.25, 0.3) is 5.91 Å². The fourth-order valence-electron chi connectivity index (χ4n) is 2.09. The summed E-state index contributed by atoms with van der Waals surface area (Å²) in [6.07, 6.45) is 0. The van der Waals surface area contributed by atoms with E-state index in [1.54, 1.807) is 17.0 Å². The summed E-state index contributed by atoms with van der Waals surface area (Å²) in [7, 11) is 0. The van der Waals surface area contributed by atoms with Crippen molar-refractivity contribution < 1.29 is 14.7 Å². The minimum atomic E-state index is -1.01. The predicted molar refractivity (Wildman–Crippen MR) is 79.0 cm³/mol. The summed E-state index contributed by atoms with van der Waals surface area (Å²) in [6, 6.07) is 6.22. The molecule has 0 spiro atoms. The lowest BCUT2D eigenvalue weighted by atomic mass is 10.1. The lowest BCUT2D eigenvalue weighted by Gasteiger charge is -2.26. The highest BCUT2D eigenvalue weighted by Gasteiger charge is 2.19. The Hall–Kier alpha value is -1.84. The Morgan fingerprint density at radius 3 is 2.00 bits per heavy atom. The molecule has 1 N–H and O–H groups in total. The van der Waals surface area contributed by atoms with E-state index in [1.165, 1.54) is 12.1 Å². The summed E-state index contributed by atoms with van der Waals surface area (Å²) in [4.78, 5) is 25.3. The van der Waals surface area contributed by atoms with E-state index in [9.17, 15) is 9.59 Å². The lowest BCUT2D eigenvalue weighted by molar-refractivity contribution is 0.0697. The largest absolute Gasteiger partial charge is 0.478 e. The number of rotatable bonds is 6. The Bertz CT molecular complexity index is 470. The molecule has 0 heterocycles. The van der Waals surface area contributed by atoms with Gasteiger partial charge in [0.1, 0.15) is 0 Å². The summed E-state index contributed by atoms with van der Waals surface area (Å²) in [5.41, 5.74) is 0.580. The van der Waals surface area contributed by atoms with E-state index in [2.05, 4.69) is 27.7 Å². The zero-order valence-corrected chi connectivity index (χ0v) is 12.6. The smallest absolute Gasteiger partial charge is 0.335 e. The Kier molecular flexibility index (Phi) is 5.74. The first-order valence-corrected chi connectivity index (χ1v) is 6.94. The third-order valence-electron chi connectivity index (χ3n) is 2.81. The molecule has 0 aromatic heterocycles. The zero-order chi connectivity index (χ0) is 15.3. The monoisotopic (exact) mass is 277 g/mol. The van der Waals surface area contributed by atoms with Gasteiger partial charge >= 0.3 is 5.97 Å². The molecule has 0 fully saturated rings. The second-order valence-electron chi connectivity index (χ2n) is 5.88. The van der Waals surface area contributed by atoms with Crippen molar-refractivity contribution in [1.82, 2.24) is 4.90 Å². The van der Waals surface area contributed by atoms with E-state index >= 15 is 0 Å². The molecule has 20 heavy (non-hydrogen) atoms. The highest BCUT2D eigenvalue weighted by Crippen LogP contribution is 2.12. The standard InChI is InChI=1S/C16H23NO3/c1-11(2)9-17(10-12(3)4)15(18)13-6-5-7-14(8-13)16(19)20/h5-8,11-12H,9-10H2,1-4H3,(H,19,20). The van der Waals surface area contributed by atoms with E-state index in [0.29, 0.717) is 30.5 Å². The molecule has 0 aliphatic rings. The van der Waals surface area contributed by atoms with Gasteiger partial charge in [-0.3, -0.25) is 4.79 Å². The molecule has 4 heteroatoms. The van der Waals surface area contributed by atoms with Crippen LogP contribution in [0.15, 0.2) is 24.3 Å². The van der Waals surface area contributed by atoms with Crippen molar-refractivity contribution in [1.29, 1.82) is 0 Å². The Morgan fingerprint density at radius 2 is 1.55 bits per heavy atom. The number of aromatic carboxylic acids is 1. The van der Waals surface area contributed by atoms with Crippen LogP contribution < -0.4 is 0 Å². The number of carboxylic acid groups (broad SMARTS) is 1. The van der Waals surface area contributed by atoms with Crippen LogP contribution in [0.1, 0.15) is 48.4 Å². The van der Waals surface area contributed by atoms with Crippen LogP contribution >= 0.6 is 0 Å². The molecule has 0 radical (unpaired) electrons. The molecule has 4 nitrogen and oxygen atoms in total. The van der Waals surface area contributed by atoms with Gasteiger partial charge in [0, 0.05) is 18.7 Å². The Balaban J connectivity index is 2.98. The van der Waals surface area contributed by atoms with E-state index in [-0.39, 0.29) is 11.5 Å². The lowest BCUT2D eigenvalue weighted by Crippen LogP contribution is -2.37. The van der Waals surface area contributed by atoms with Crippen LogP contribution in [-0.2, 0) is 0 Å². The van der Waals surface area contributed by atoms with Crippen LogP contribution in [0.2, 0.25) is 0 Å². The van der Waals surface area contributed by atoms with Crippen LogP contribution in [0.5, 0.6) is 0 Å². The Morgan fingerprint density at radius 1 is 1.05 bits per heavy atom. The molecule has 0 saturated heterocycles. The van der Waals surface area contributed by atoms with Gasteiger partial charge in [-0.15, -0.1) is 0 Å². The predicted octanol–water partition coefficient (Wildman–Crippen LogP) is 3.14. The van der Waals surface area contributed by atoms with Gasteiger partial charge in [-0.2, -0.15) is 0 Å². The van der Waals surface area contributed by atoms with Gasteiger partial charge in [0.05, 0.1) is 5.56 Å². The van der Waals surface area contributed by atoms with Gasteiger partial charge < -0.3 is 10.0 Å². The first kappa shape index (κ1) is 16.2. The molecule has 1 aromatic rings. The molecule has 110 valence electrons. The first-order chi connectivity index (χ1) is 9.31. The van der Waals surface area contributed by atoms with Crippen LogP contribution in [0.4, 0.5) is 0 Å². The highest BCUT2D eigenvalue weighted by molar-refractivity contribution is 5.97. The fraction of sp³-hybridized carbons (Fsp3) is 0.500. The normalized spacial score (nSPS) is 10.9. The molecule has 0 atom stereocenters. The number of hydrogen-bond acceptors (Lipinski definition) is 2. The second kappa shape index (κ2) is 7.08. The minimum Gasteiger partial charge on any atom is -0.478 e. The van der Waals surface area contributed by atoms with Crippen LogP contribution in [-0.4, -0.2) is 35.0 Å². The first-order valence-electron chi connectivity index (χ1n) is 6.94. The number of amides is 1. The van der Waals surface area contributed by atoms with Crippen molar-refractivity contribution in [3.8, 4) is 0 Å². The third kappa shape index (κ3) is 4.68. The van der Waals surface area contributed by atoms with Crippen molar-refractivity contribution in [3.05, 3.63) is 35.4 Å². The molecule has 0 unspecified atom stereocenters. The molecular weight excluding hydrogens is 254 g/mol. The summed E-state index contributed by atoms with van der Waals surface area (Å²) in [5, 5.41) is 9.00. The number of benzene rings is 1. The molecule has 0 aliphatic heterocycles. The van der Waals surface area contributed by atoms with Gasteiger partial charge in [0.2, 0.25) is 0 Å². The van der Waals surface area contributed by atoms with Crippen molar-refractivity contribution in [2.24, 2.45) is 11.8 Å². The number of nitrogens with zero attached hydrogens (tertiary/aromatic N) is 1.